The molecule has 36 heavy (non-hydrogen) atoms. The van der Waals surface area contributed by atoms with Crippen molar-refractivity contribution in [2.24, 2.45) is 11.8 Å². The normalized spacial score (nSPS) is 24.4. The molecule has 8 nitrogen and oxygen atoms in total. The summed E-state index contributed by atoms with van der Waals surface area (Å²) in [7, 11) is 2.15. The fraction of sp³-hybridized carbons (Fsp3) is 0.500. The van der Waals surface area contributed by atoms with E-state index >= 15 is 0 Å². The molecule has 188 valence electrons. The minimum absolute atomic E-state index is 0.00987. The predicted molar refractivity (Wildman–Crippen MR) is 139 cm³/mol. The third-order valence-electron chi connectivity index (χ3n) is 8.00. The Bertz CT molecular complexity index is 1220. The molecular formula is C28H35N7O. The highest BCUT2D eigenvalue weighted by Crippen LogP contribution is 2.35. The maximum atomic E-state index is 14.0. The second kappa shape index (κ2) is 9.65. The van der Waals surface area contributed by atoms with Crippen LogP contribution >= 0.6 is 0 Å². The highest BCUT2D eigenvalue weighted by molar-refractivity contribution is 5.81. The van der Waals surface area contributed by atoms with Gasteiger partial charge >= 0.3 is 0 Å². The minimum atomic E-state index is -0.00987. The van der Waals surface area contributed by atoms with Gasteiger partial charge in [0.1, 0.15) is 0 Å². The van der Waals surface area contributed by atoms with Gasteiger partial charge in [-0.1, -0.05) is 30.3 Å². The summed E-state index contributed by atoms with van der Waals surface area (Å²) in [5, 5.41) is 7.76. The smallest absolute Gasteiger partial charge is 0.227 e. The van der Waals surface area contributed by atoms with Gasteiger partial charge in [-0.05, 0) is 63.2 Å². The molecule has 3 atom stereocenters. The Kier molecular flexibility index (Phi) is 6.21. The fourth-order valence-corrected chi connectivity index (χ4v) is 5.73. The van der Waals surface area contributed by atoms with E-state index in [1.54, 1.807) is 0 Å². The Morgan fingerprint density at radius 2 is 1.97 bits per heavy atom. The number of anilines is 2. The van der Waals surface area contributed by atoms with Gasteiger partial charge in [-0.3, -0.25) is 9.48 Å². The van der Waals surface area contributed by atoms with Crippen LogP contribution in [0.3, 0.4) is 0 Å². The number of likely N-dealkylation sites (tertiary alicyclic amines) is 1. The van der Waals surface area contributed by atoms with Crippen LogP contribution < -0.4 is 5.32 Å². The van der Waals surface area contributed by atoms with Crippen LogP contribution in [0.15, 0.2) is 48.9 Å². The molecule has 3 aliphatic rings. The number of benzene rings is 1. The maximum Gasteiger partial charge on any atom is 0.227 e. The Morgan fingerprint density at radius 1 is 1.14 bits per heavy atom. The van der Waals surface area contributed by atoms with E-state index in [9.17, 15) is 4.79 Å². The predicted octanol–water partition coefficient (Wildman–Crippen LogP) is 3.84. The molecule has 1 N–H and O–H groups in total. The first-order chi connectivity index (χ1) is 17.5. The molecule has 6 rings (SSSR count). The lowest BCUT2D eigenvalue weighted by Gasteiger charge is -2.42. The van der Waals surface area contributed by atoms with E-state index in [0.29, 0.717) is 12.5 Å². The molecule has 0 spiro atoms. The summed E-state index contributed by atoms with van der Waals surface area (Å²) in [6.45, 7) is 5.50. The summed E-state index contributed by atoms with van der Waals surface area (Å²) < 4.78 is 1.99. The van der Waals surface area contributed by atoms with Gasteiger partial charge in [-0.2, -0.15) is 5.10 Å². The van der Waals surface area contributed by atoms with Gasteiger partial charge in [0, 0.05) is 43.4 Å². The molecule has 0 bridgehead atoms. The van der Waals surface area contributed by atoms with Crippen LogP contribution in [0.1, 0.15) is 48.9 Å². The molecule has 4 heterocycles. The van der Waals surface area contributed by atoms with Gasteiger partial charge in [0.2, 0.25) is 11.9 Å². The minimum Gasteiger partial charge on any atom is -0.333 e. The van der Waals surface area contributed by atoms with E-state index in [4.69, 9.17) is 4.98 Å². The van der Waals surface area contributed by atoms with Crippen LogP contribution in [0.5, 0.6) is 0 Å². The van der Waals surface area contributed by atoms with Gasteiger partial charge < -0.3 is 15.1 Å². The second-order valence-electron chi connectivity index (χ2n) is 10.9. The third-order valence-corrected chi connectivity index (χ3v) is 8.00. The van der Waals surface area contributed by atoms with Gasteiger partial charge in [-0.25, -0.2) is 9.97 Å². The summed E-state index contributed by atoms with van der Waals surface area (Å²) in [6.07, 6.45) is 10.0. The summed E-state index contributed by atoms with van der Waals surface area (Å²) >= 11 is 0. The van der Waals surface area contributed by atoms with E-state index in [2.05, 4.69) is 63.4 Å². The lowest BCUT2D eigenvalue weighted by atomic mass is 9.79. The molecule has 8 heteroatoms. The molecule has 1 saturated heterocycles. The van der Waals surface area contributed by atoms with Crippen molar-refractivity contribution in [1.29, 1.82) is 0 Å². The average molecular weight is 486 g/mol. The van der Waals surface area contributed by atoms with Crippen LogP contribution in [0, 0.1) is 11.8 Å². The zero-order chi connectivity index (χ0) is 24.6. The zero-order valence-corrected chi connectivity index (χ0v) is 21.2. The SMILES string of the molecule is C[C@@H]1Cc2cnc(Nc3cnn(CC4CC4)c3)nc2CN1C(=O)[C@H]1CCN(C)C[C@@H]1c1ccccc1. The quantitative estimate of drug-likeness (QED) is 0.572. The molecule has 1 aliphatic carbocycles. The first-order valence-corrected chi connectivity index (χ1v) is 13.2. The number of aromatic nitrogens is 4. The number of nitrogens with one attached hydrogen (secondary N) is 1. The van der Waals surface area contributed by atoms with Gasteiger partial charge in [-0.15, -0.1) is 0 Å². The van der Waals surface area contributed by atoms with Gasteiger partial charge in [0.05, 0.1) is 24.1 Å². The molecule has 0 unspecified atom stereocenters. The highest BCUT2D eigenvalue weighted by atomic mass is 16.2. The number of nitrogens with zero attached hydrogens (tertiary/aromatic N) is 6. The van der Waals surface area contributed by atoms with E-state index < -0.39 is 0 Å². The van der Waals surface area contributed by atoms with Crippen LogP contribution in [0.4, 0.5) is 11.6 Å². The van der Waals surface area contributed by atoms with Crippen molar-refractivity contribution in [3.63, 3.8) is 0 Å². The zero-order valence-electron chi connectivity index (χ0n) is 21.2. The van der Waals surface area contributed by atoms with Crippen LogP contribution in [0.25, 0.3) is 0 Å². The number of hydrogen-bond donors (Lipinski definition) is 1. The Balaban J connectivity index is 1.19. The molecular weight excluding hydrogens is 450 g/mol. The summed E-state index contributed by atoms with van der Waals surface area (Å²) in [5.74, 6) is 1.78. The Labute approximate surface area is 212 Å². The number of piperidine rings is 1. The molecule has 1 aromatic carbocycles. The fourth-order valence-electron chi connectivity index (χ4n) is 5.73. The van der Waals surface area contributed by atoms with Crippen molar-refractivity contribution in [3.8, 4) is 0 Å². The van der Waals surface area contributed by atoms with Crippen molar-refractivity contribution >= 4 is 17.5 Å². The van der Waals surface area contributed by atoms with Crippen LogP contribution in [0.2, 0.25) is 0 Å². The second-order valence-corrected chi connectivity index (χ2v) is 10.9. The van der Waals surface area contributed by atoms with Crippen molar-refractivity contribution < 1.29 is 4.79 Å². The monoisotopic (exact) mass is 485 g/mol. The van der Waals surface area contributed by atoms with Crippen molar-refractivity contribution in [3.05, 3.63) is 65.7 Å². The van der Waals surface area contributed by atoms with Crippen LogP contribution in [-0.4, -0.2) is 61.6 Å². The van der Waals surface area contributed by atoms with Crippen LogP contribution in [-0.2, 0) is 24.3 Å². The number of amides is 1. The van der Waals surface area contributed by atoms with Gasteiger partial charge in [0.15, 0.2) is 0 Å². The molecule has 3 aromatic rings. The standard InChI is InChI=1S/C28H35N7O/c1-19-12-22-13-29-28(31-23-14-30-34(16-23)15-20-8-9-20)32-26(22)18-35(19)27(36)24-10-11-33(2)17-25(24)21-6-4-3-5-7-21/h3-7,13-14,16,19-20,24-25H,8-12,15,17-18H2,1-2H3,(H,29,31,32)/t19-,24+,25-/m1/s1. The number of hydrogen-bond acceptors (Lipinski definition) is 6. The lowest BCUT2D eigenvalue weighted by molar-refractivity contribution is -0.141. The molecule has 0 radical (unpaired) electrons. The van der Waals surface area contributed by atoms with Crippen molar-refractivity contribution in [2.75, 3.05) is 25.5 Å². The summed E-state index contributed by atoms with van der Waals surface area (Å²) in [5.41, 5.74) is 4.21. The highest BCUT2D eigenvalue weighted by Gasteiger charge is 2.39. The summed E-state index contributed by atoms with van der Waals surface area (Å²) in [6, 6.07) is 10.6. The number of rotatable bonds is 6. The number of carbonyl (C=O) groups is 1. The molecule has 1 amide bonds. The average Bonchev–Trinajstić information content (AvgIpc) is 3.60. The Morgan fingerprint density at radius 3 is 2.78 bits per heavy atom. The Hall–Kier alpha value is -3.26. The van der Waals surface area contributed by atoms with E-state index in [0.717, 1.165) is 55.3 Å². The molecule has 2 aliphatic heterocycles. The van der Waals surface area contributed by atoms with E-state index in [1.807, 2.05) is 29.3 Å². The largest absolute Gasteiger partial charge is 0.333 e. The van der Waals surface area contributed by atoms with Gasteiger partial charge in [0.25, 0.3) is 0 Å². The topological polar surface area (TPSA) is 79.2 Å². The van der Waals surface area contributed by atoms with Crippen molar-refractivity contribution in [1.82, 2.24) is 29.5 Å². The van der Waals surface area contributed by atoms with Crippen molar-refractivity contribution in [2.45, 2.75) is 57.7 Å². The number of carbonyl (C=O) groups excluding carboxylic acids is 1. The summed E-state index contributed by atoms with van der Waals surface area (Å²) in [4.78, 5) is 27.8. The number of likely N-dealkylation sites (N-methyl/N-ethyl adjacent to an activating group) is 1. The molecule has 2 fully saturated rings. The maximum absolute atomic E-state index is 14.0. The third kappa shape index (κ3) is 4.87. The number of fused-ring (bicyclic) bond motifs is 1. The van der Waals surface area contributed by atoms with E-state index in [-0.39, 0.29) is 23.8 Å². The first-order valence-electron chi connectivity index (χ1n) is 13.2. The van der Waals surface area contributed by atoms with E-state index in [1.165, 1.54) is 18.4 Å². The molecule has 1 saturated carbocycles. The lowest BCUT2D eigenvalue weighted by Crippen LogP contribution is -2.50. The molecule has 2 aromatic heterocycles. The first kappa shape index (κ1) is 23.2.